The van der Waals surface area contributed by atoms with Crippen molar-refractivity contribution in [3.05, 3.63) is 54.1 Å². The van der Waals surface area contributed by atoms with E-state index in [-0.39, 0.29) is 16.7 Å². The van der Waals surface area contributed by atoms with Gasteiger partial charge in [0.25, 0.3) is 10.0 Å². The monoisotopic (exact) mass is 437 g/mol. The number of H-pyrrole nitrogens is 1. The fraction of sp³-hybridized carbons (Fsp3) is 0.250. The number of amidine groups is 1. The third kappa shape index (κ3) is 3.67. The molecule has 0 bridgehead atoms. The number of fused-ring (bicyclic) bond motifs is 1. The highest BCUT2D eigenvalue weighted by Gasteiger charge is 2.34. The Morgan fingerprint density at radius 3 is 2.68 bits per heavy atom. The minimum Gasteiger partial charge on any atom is -0.355 e. The molecule has 0 unspecified atom stereocenters. The smallest absolute Gasteiger partial charge is 0.285 e. The van der Waals surface area contributed by atoms with Crippen molar-refractivity contribution in [3.63, 3.8) is 0 Å². The van der Waals surface area contributed by atoms with Gasteiger partial charge in [0, 0.05) is 35.8 Å². The van der Waals surface area contributed by atoms with Gasteiger partial charge >= 0.3 is 0 Å². The third-order valence-corrected chi connectivity index (χ3v) is 6.84. The molecule has 1 saturated heterocycles. The lowest BCUT2D eigenvalue weighted by molar-refractivity contribution is -0.120. The van der Waals surface area contributed by atoms with Crippen LogP contribution in [0.5, 0.6) is 0 Å². The Morgan fingerprint density at radius 2 is 1.90 bits per heavy atom. The van der Waals surface area contributed by atoms with E-state index in [0.29, 0.717) is 48.8 Å². The Kier molecular flexibility index (Phi) is 4.74. The van der Waals surface area contributed by atoms with E-state index in [1.807, 2.05) is 23.1 Å². The number of nitrogens with one attached hydrogen (secondary N) is 2. The molecule has 1 aromatic heterocycles. The zero-order valence-corrected chi connectivity index (χ0v) is 17.2. The lowest BCUT2D eigenvalue weighted by atomic mass is 9.95. The van der Waals surface area contributed by atoms with Crippen molar-refractivity contribution < 1.29 is 13.2 Å². The molecule has 1 fully saturated rings. The molecule has 2 N–H and O–H groups in total. The van der Waals surface area contributed by atoms with Gasteiger partial charge < -0.3 is 10.2 Å². The van der Waals surface area contributed by atoms with Gasteiger partial charge in [-0.1, -0.05) is 24.3 Å². The average Bonchev–Trinajstić information content (AvgIpc) is 3.41. The fourth-order valence-electron chi connectivity index (χ4n) is 3.93. The van der Waals surface area contributed by atoms with Gasteiger partial charge in [-0.05, 0) is 42.3 Å². The van der Waals surface area contributed by atoms with Crippen molar-refractivity contribution in [1.29, 1.82) is 0 Å². The van der Waals surface area contributed by atoms with Crippen LogP contribution in [-0.2, 0) is 14.8 Å². The van der Waals surface area contributed by atoms with Gasteiger partial charge in [0.15, 0.2) is 5.84 Å². The second-order valence-corrected chi connectivity index (χ2v) is 9.03. The number of aromatic amines is 1. The lowest BCUT2D eigenvalue weighted by Gasteiger charge is -2.32. The maximum Gasteiger partial charge on any atom is 0.285 e. The van der Waals surface area contributed by atoms with E-state index >= 15 is 0 Å². The summed E-state index contributed by atoms with van der Waals surface area (Å²) in [5.41, 5.74) is 2.04. The first-order chi connectivity index (χ1) is 15.0. The van der Waals surface area contributed by atoms with Crippen LogP contribution in [0.25, 0.3) is 11.4 Å². The Bertz CT molecular complexity index is 1260. The number of hydrogen-bond donors (Lipinski definition) is 2. The largest absolute Gasteiger partial charge is 0.355 e. The molecular weight excluding hydrogens is 418 g/mol. The van der Waals surface area contributed by atoms with Gasteiger partial charge in [-0.25, -0.2) is 0 Å². The van der Waals surface area contributed by atoms with Gasteiger partial charge in [-0.3, -0.25) is 4.79 Å². The highest BCUT2D eigenvalue weighted by Crippen LogP contribution is 2.30. The molecule has 11 heteroatoms. The molecule has 31 heavy (non-hydrogen) atoms. The fourth-order valence-corrected chi connectivity index (χ4v) is 5.16. The molecule has 3 aromatic rings. The predicted molar refractivity (Wildman–Crippen MR) is 113 cm³/mol. The molecule has 0 aliphatic carbocycles. The molecule has 3 heterocycles. The maximum absolute atomic E-state index is 12.8. The highest BCUT2D eigenvalue weighted by molar-refractivity contribution is 7.90. The van der Waals surface area contributed by atoms with Crippen LogP contribution in [0.3, 0.4) is 0 Å². The molecule has 10 nitrogen and oxygen atoms in total. The first kappa shape index (κ1) is 19.4. The van der Waals surface area contributed by atoms with Crippen molar-refractivity contribution in [2.75, 3.05) is 18.4 Å². The molecule has 1 amide bonds. The van der Waals surface area contributed by atoms with Crippen molar-refractivity contribution in [3.8, 4) is 11.4 Å². The highest BCUT2D eigenvalue weighted by atomic mass is 32.2. The summed E-state index contributed by atoms with van der Waals surface area (Å²) in [4.78, 5) is 15.0. The lowest BCUT2D eigenvalue weighted by Crippen LogP contribution is -2.41. The van der Waals surface area contributed by atoms with Gasteiger partial charge in [-0.15, -0.1) is 14.6 Å². The number of nitrogens with zero attached hydrogens (tertiary/aromatic N) is 5. The Hall–Kier alpha value is -3.60. The third-order valence-electron chi connectivity index (χ3n) is 5.51. The van der Waals surface area contributed by atoms with E-state index in [4.69, 9.17) is 0 Å². The SMILES string of the molecule is O=C(Nc1cccc(-c2nn[nH]n2)c1)C1CCN(C2=NS(=O)(=O)c3ccccc32)CC1. The standard InChI is InChI=1S/C20H19N7O3S/c28-20(21-15-5-3-4-14(12-15)18-22-25-26-23-18)13-8-10-27(11-9-13)19-16-6-1-2-7-17(16)31(29,30)24-19/h1-7,12-13H,8-11H2,(H,21,28)(H,22,23,25,26). The summed E-state index contributed by atoms with van der Waals surface area (Å²) < 4.78 is 28.6. The number of piperidine rings is 1. The van der Waals surface area contributed by atoms with Crippen LogP contribution in [0.4, 0.5) is 5.69 Å². The van der Waals surface area contributed by atoms with E-state index in [1.165, 1.54) is 0 Å². The van der Waals surface area contributed by atoms with Crippen LogP contribution in [0.15, 0.2) is 57.8 Å². The van der Waals surface area contributed by atoms with Crippen LogP contribution >= 0.6 is 0 Å². The minimum absolute atomic E-state index is 0.0636. The second kappa shape index (κ2) is 7.58. The van der Waals surface area contributed by atoms with Crippen LogP contribution in [0.2, 0.25) is 0 Å². The topological polar surface area (TPSA) is 133 Å². The van der Waals surface area contributed by atoms with E-state index < -0.39 is 10.0 Å². The van der Waals surface area contributed by atoms with Gasteiger partial charge in [0.1, 0.15) is 4.90 Å². The first-order valence-corrected chi connectivity index (χ1v) is 11.3. The summed E-state index contributed by atoms with van der Waals surface area (Å²) in [5.74, 6) is 0.699. The number of amides is 1. The Labute approximate surface area is 178 Å². The number of benzene rings is 2. The molecule has 0 saturated carbocycles. The van der Waals surface area contributed by atoms with Gasteiger partial charge in [0.05, 0.1) is 0 Å². The summed E-state index contributed by atoms with van der Waals surface area (Å²) in [6.07, 6.45) is 1.22. The number of hydrogen-bond acceptors (Lipinski definition) is 7. The molecule has 2 aliphatic rings. The number of likely N-dealkylation sites (tertiary alicyclic amines) is 1. The molecule has 5 rings (SSSR count). The molecule has 158 valence electrons. The molecule has 0 radical (unpaired) electrons. The minimum atomic E-state index is -3.65. The first-order valence-electron chi connectivity index (χ1n) is 9.85. The number of aromatic nitrogens is 4. The van der Waals surface area contributed by atoms with E-state index in [9.17, 15) is 13.2 Å². The summed E-state index contributed by atoms with van der Waals surface area (Å²) in [6.45, 7) is 1.12. The normalized spacial score (nSPS) is 17.8. The van der Waals surface area contributed by atoms with Crippen LogP contribution in [-0.4, -0.2) is 58.8 Å². The van der Waals surface area contributed by atoms with Gasteiger partial charge in [0.2, 0.25) is 11.7 Å². The Balaban J connectivity index is 1.25. The number of anilines is 1. The maximum atomic E-state index is 12.8. The molecule has 0 spiro atoms. The number of tetrazole rings is 1. The van der Waals surface area contributed by atoms with Crippen LogP contribution in [0.1, 0.15) is 18.4 Å². The van der Waals surface area contributed by atoms with Crippen molar-refractivity contribution >= 4 is 27.5 Å². The van der Waals surface area contributed by atoms with Crippen LogP contribution in [0, 0.1) is 5.92 Å². The number of carbonyl (C=O) groups excluding carboxylic acids is 1. The van der Waals surface area contributed by atoms with Crippen molar-refractivity contribution in [1.82, 2.24) is 25.5 Å². The van der Waals surface area contributed by atoms with Crippen LogP contribution < -0.4 is 5.32 Å². The summed E-state index contributed by atoms with van der Waals surface area (Å²) >= 11 is 0. The van der Waals surface area contributed by atoms with Crippen molar-refractivity contribution in [2.45, 2.75) is 17.7 Å². The van der Waals surface area contributed by atoms with Crippen molar-refractivity contribution in [2.24, 2.45) is 10.3 Å². The predicted octanol–water partition coefficient (Wildman–Crippen LogP) is 1.67. The van der Waals surface area contributed by atoms with E-state index in [0.717, 1.165) is 5.56 Å². The molecule has 0 atom stereocenters. The molecule has 2 aliphatic heterocycles. The zero-order chi connectivity index (χ0) is 21.4. The quantitative estimate of drug-likeness (QED) is 0.637. The number of sulfonamides is 1. The van der Waals surface area contributed by atoms with E-state index in [2.05, 4.69) is 30.3 Å². The molecule has 2 aromatic carbocycles. The summed E-state index contributed by atoms with van der Waals surface area (Å²) in [6, 6.07) is 14.1. The molecular formula is C20H19N7O3S. The average molecular weight is 437 g/mol. The second-order valence-electron chi connectivity index (χ2n) is 7.45. The van der Waals surface area contributed by atoms with E-state index in [1.54, 1.807) is 30.3 Å². The summed E-state index contributed by atoms with van der Waals surface area (Å²) in [5, 5.41) is 16.8. The number of rotatable bonds is 3. The Morgan fingerprint density at radius 1 is 1.10 bits per heavy atom. The number of carbonyl (C=O) groups is 1. The summed E-state index contributed by atoms with van der Waals surface area (Å²) in [7, 11) is -3.65. The zero-order valence-electron chi connectivity index (χ0n) is 16.4. The van der Waals surface area contributed by atoms with Gasteiger partial charge in [-0.2, -0.15) is 13.6 Å².